The second kappa shape index (κ2) is 6.88. The van der Waals surface area contributed by atoms with Crippen LogP contribution < -0.4 is 4.74 Å². The number of furan rings is 1. The van der Waals surface area contributed by atoms with Crippen LogP contribution >= 0.6 is 0 Å². The van der Waals surface area contributed by atoms with Crippen molar-refractivity contribution < 1.29 is 18.7 Å². The van der Waals surface area contributed by atoms with E-state index in [4.69, 9.17) is 13.9 Å². The van der Waals surface area contributed by atoms with Gasteiger partial charge in [-0.2, -0.15) is 0 Å². The van der Waals surface area contributed by atoms with Crippen molar-refractivity contribution in [1.82, 2.24) is 9.88 Å². The number of fused-ring (bicyclic) bond motifs is 1. The number of carbonyl (C=O) groups excluding carboxylic acids is 1. The van der Waals surface area contributed by atoms with Crippen molar-refractivity contribution in [3.05, 3.63) is 48.7 Å². The number of piperidine rings is 1. The smallest absolute Gasteiger partial charge is 0.289 e. The molecule has 2 aromatic heterocycles. The average Bonchev–Trinajstić information content (AvgIpc) is 3.21. The van der Waals surface area contributed by atoms with Crippen molar-refractivity contribution in [2.75, 3.05) is 26.3 Å². The van der Waals surface area contributed by atoms with Crippen LogP contribution in [0, 0.1) is 5.41 Å². The number of ether oxygens (including phenoxy) is 2. The fourth-order valence-corrected chi connectivity index (χ4v) is 3.89. The first kappa shape index (κ1) is 16.1. The number of aromatic nitrogens is 1. The number of carbonyl (C=O) groups is 1. The third-order valence-electron chi connectivity index (χ3n) is 5.17. The molecule has 0 N–H and O–H groups in total. The first-order valence-electron chi connectivity index (χ1n) is 8.74. The van der Waals surface area contributed by atoms with Crippen LogP contribution in [0.1, 0.15) is 29.8 Å². The van der Waals surface area contributed by atoms with Gasteiger partial charge in [-0.3, -0.25) is 9.78 Å². The van der Waals surface area contributed by atoms with Gasteiger partial charge in [-0.1, -0.05) is 0 Å². The molecule has 2 atom stereocenters. The van der Waals surface area contributed by atoms with Gasteiger partial charge in [0.2, 0.25) is 0 Å². The van der Waals surface area contributed by atoms with E-state index in [1.165, 1.54) is 6.26 Å². The Balaban J connectivity index is 1.51. The van der Waals surface area contributed by atoms with Crippen LogP contribution in [0.25, 0.3) is 0 Å². The van der Waals surface area contributed by atoms with Crippen LogP contribution in [-0.2, 0) is 4.74 Å². The zero-order valence-corrected chi connectivity index (χ0v) is 14.1. The molecule has 4 heterocycles. The lowest BCUT2D eigenvalue weighted by atomic mass is 9.73. The number of rotatable bonds is 4. The van der Waals surface area contributed by atoms with Gasteiger partial charge in [0.05, 0.1) is 25.2 Å². The van der Waals surface area contributed by atoms with Gasteiger partial charge in [0, 0.05) is 31.3 Å². The summed E-state index contributed by atoms with van der Waals surface area (Å²) >= 11 is 0. The molecule has 2 aliphatic heterocycles. The van der Waals surface area contributed by atoms with Gasteiger partial charge in [-0.15, -0.1) is 0 Å². The summed E-state index contributed by atoms with van der Waals surface area (Å²) in [6.45, 7) is 2.60. The maximum atomic E-state index is 12.7. The summed E-state index contributed by atoms with van der Waals surface area (Å²) in [5.41, 5.74) is -0.186. The molecule has 6 nitrogen and oxygen atoms in total. The molecule has 1 amide bonds. The molecule has 2 aromatic rings. The first-order valence-corrected chi connectivity index (χ1v) is 8.74. The van der Waals surface area contributed by atoms with Crippen LogP contribution in [-0.4, -0.2) is 48.2 Å². The Morgan fingerprint density at radius 3 is 3.16 bits per heavy atom. The summed E-state index contributed by atoms with van der Waals surface area (Å²) in [6.07, 6.45) is 7.88. The molecule has 4 rings (SSSR count). The fourth-order valence-electron chi connectivity index (χ4n) is 3.89. The number of hydrogen-bond acceptors (Lipinski definition) is 5. The Bertz CT molecular complexity index is 703. The third kappa shape index (κ3) is 3.26. The SMILES string of the molecule is O=C(c1ccco1)N1CCC2OCCCC2(COc2cccnc2)C1. The lowest BCUT2D eigenvalue weighted by molar-refractivity contribution is -0.133. The van der Waals surface area contributed by atoms with Crippen molar-refractivity contribution >= 4 is 5.91 Å². The van der Waals surface area contributed by atoms with Crippen molar-refractivity contribution in [2.45, 2.75) is 25.4 Å². The molecule has 2 unspecified atom stereocenters. The zero-order valence-electron chi connectivity index (χ0n) is 14.1. The standard InChI is InChI=1S/C19H22N2O4/c22-18(16-5-2-10-23-16)21-9-6-17-19(13-21,7-3-11-24-17)14-25-15-4-1-8-20-12-15/h1-2,4-5,8,10,12,17H,3,6-7,9,11,13-14H2. The predicted molar refractivity (Wildman–Crippen MR) is 90.4 cm³/mol. The van der Waals surface area contributed by atoms with Gasteiger partial charge in [-0.05, 0) is 43.5 Å². The monoisotopic (exact) mass is 342 g/mol. The van der Waals surface area contributed by atoms with Crippen LogP contribution in [0.2, 0.25) is 0 Å². The lowest BCUT2D eigenvalue weighted by Crippen LogP contribution is -2.58. The van der Waals surface area contributed by atoms with E-state index >= 15 is 0 Å². The predicted octanol–water partition coefficient (Wildman–Crippen LogP) is 2.76. The van der Waals surface area contributed by atoms with Gasteiger partial charge in [-0.25, -0.2) is 0 Å². The Morgan fingerprint density at radius 1 is 1.40 bits per heavy atom. The number of nitrogens with zero attached hydrogens (tertiary/aromatic N) is 2. The molecule has 0 radical (unpaired) electrons. The van der Waals surface area contributed by atoms with Crippen molar-refractivity contribution in [1.29, 1.82) is 0 Å². The summed E-state index contributed by atoms with van der Waals surface area (Å²) in [6, 6.07) is 7.21. The number of likely N-dealkylation sites (tertiary alicyclic amines) is 1. The van der Waals surface area contributed by atoms with E-state index in [1.54, 1.807) is 24.5 Å². The van der Waals surface area contributed by atoms with Gasteiger partial charge < -0.3 is 18.8 Å². The van der Waals surface area contributed by atoms with E-state index in [0.717, 1.165) is 31.6 Å². The Hall–Kier alpha value is -2.34. The maximum Gasteiger partial charge on any atom is 0.289 e. The highest BCUT2D eigenvalue weighted by Crippen LogP contribution is 2.41. The summed E-state index contributed by atoms with van der Waals surface area (Å²) in [5, 5.41) is 0. The molecule has 2 saturated heterocycles. The van der Waals surface area contributed by atoms with Crippen LogP contribution in [0.15, 0.2) is 47.3 Å². The summed E-state index contributed by atoms with van der Waals surface area (Å²) in [4.78, 5) is 18.7. The van der Waals surface area contributed by atoms with Crippen molar-refractivity contribution in [3.8, 4) is 5.75 Å². The molecular weight excluding hydrogens is 320 g/mol. The number of hydrogen-bond donors (Lipinski definition) is 0. The molecule has 2 fully saturated rings. The number of amides is 1. The molecule has 25 heavy (non-hydrogen) atoms. The number of pyridine rings is 1. The van der Waals surface area contributed by atoms with E-state index in [1.807, 2.05) is 17.0 Å². The highest BCUT2D eigenvalue weighted by atomic mass is 16.5. The minimum absolute atomic E-state index is 0.0604. The van der Waals surface area contributed by atoms with E-state index in [-0.39, 0.29) is 17.4 Å². The molecule has 0 aliphatic carbocycles. The van der Waals surface area contributed by atoms with Gasteiger partial charge in [0.1, 0.15) is 5.75 Å². The normalized spacial score (nSPS) is 26.1. The first-order chi connectivity index (χ1) is 12.3. The van der Waals surface area contributed by atoms with E-state index in [2.05, 4.69) is 4.98 Å². The molecule has 0 saturated carbocycles. The van der Waals surface area contributed by atoms with Gasteiger partial charge >= 0.3 is 0 Å². The fraction of sp³-hybridized carbons (Fsp3) is 0.474. The molecule has 132 valence electrons. The molecule has 0 aromatic carbocycles. The van der Waals surface area contributed by atoms with E-state index in [0.29, 0.717) is 25.5 Å². The molecule has 6 heteroatoms. The van der Waals surface area contributed by atoms with Crippen LogP contribution in [0.3, 0.4) is 0 Å². The van der Waals surface area contributed by atoms with Crippen molar-refractivity contribution in [3.63, 3.8) is 0 Å². The summed E-state index contributed by atoms with van der Waals surface area (Å²) in [7, 11) is 0. The maximum absolute atomic E-state index is 12.7. The summed E-state index contributed by atoms with van der Waals surface area (Å²) in [5.74, 6) is 1.07. The molecule has 2 aliphatic rings. The van der Waals surface area contributed by atoms with Gasteiger partial charge in [0.25, 0.3) is 5.91 Å². The Morgan fingerprint density at radius 2 is 2.36 bits per heavy atom. The van der Waals surface area contributed by atoms with Crippen LogP contribution in [0.5, 0.6) is 5.75 Å². The quantitative estimate of drug-likeness (QED) is 0.855. The minimum Gasteiger partial charge on any atom is -0.491 e. The highest BCUT2D eigenvalue weighted by Gasteiger charge is 2.48. The zero-order chi connectivity index (χ0) is 17.1. The Labute approximate surface area is 146 Å². The van der Waals surface area contributed by atoms with Gasteiger partial charge in [0.15, 0.2) is 5.76 Å². The highest BCUT2D eigenvalue weighted by molar-refractivity contribution is 5.91. The summed E-state index contributed by atoms with van der Waals surface area (Å²) < 4.78 is 17.3. The average molecular weight is 342 g/mol. The van der Waals surface area contributed by atoms with Crippen molar-refractivity contribution in [2.24, 2.45) is 5.41 Å². The minimum atomic E-state index is -0.186. The van der Waals surface area contributed by atoms with Crippen LogP contribution in [0.4, 0.5) is 0 Å². The molecular formula is C19H22N2O4. The second-order valence-electron chi connectivity index (χ2n) is 6.80. The molecule has 0 bridgehead atoms. The van der Waals surface area contributed by atoms with E-state index < -0.39 is 0 Å². The largest absolute Gasteiger partial charge is 0.491 e. The lowest BCUT2D eigenvalue weighted by Gasteiger charge is -2.49. The molecule has 0 spiro atoms. The third-order valence-corrected chi connectivity index (χ3v) is 5.17. The second-order valence-corrected chi connectivity index (χ2v) is 6.80. The Kier molecular flexibility index (Phi) is 4.44. The van der Waals surface area contributed by atoms with E-state index in [9.17, 15) is 4.79 Å². The topological polar surface area (TPSA) is 64.8 Å².